The predicted octanol–water partition coefficient (Wildman–Crippen LogP) is 1.59. The number of aromatic nitrogens is 4. The standard InChI is InChI=1S/C13H18FN5/c1-4-15-7-12-16-17-18-19(12)8-11-5-9(2)13(14)10(3)6-11/h5-6,15H,4,7-8H2,1-3H3. The zero-order chi connectivity index (χ0) is 13.8. The Kier molecular flexibility index (Phi) is 4.21. The van der Waals surface area contributed by atoms with E-state index in [0.29, 0.717) is 24.2 Å². The fraction of sp³-hybridized carbons (Fsp3) is 0.462. The smallest absolute Gasteiger partial charge is 0.165 e. The third-order valence-corrected chi connectivity index (χ3v) is 2.97. The number of nitrogens with one attached hydrogen (secondary N) is 1. The molecule has 2 aromatic rings. The first-order valence-electron chi connectivity index (χ1n) is 6.33. The maximum atomic E-state index is 13.6. The Balaban J connectivity index is 2.19. The van der Waals surface area contributed by atoms with Crippen LogP contribution in [0.1, 0.15) is 29.4 Å². The lowest BCUT2D eigenvalue weighted by Gasteiger charge is -2.08. The van der Waals surface area contributed by atoms with E-state index >= 15 is 0 Å². The van der Waals surface area contributed by atoms with Crippen molar-refractivity contribution >= 4 is 0 Å². The average molecular weight is 263 g/mol. The van der Waals surface area contributed by atoms with Gasteiger partial charge in [-0.25, -0.2) is 9.07 Å². The summed E-state index contributed by atoms with van der Waals surface area (Å²) in [7, 11) is 0. The van der Waals surface area contributed by atoms with Crippen LogP contribution < -0.4 is 5.32 Å². The third-order valence-electron chi connectivity index (χ3n) is 2.97. The fourth-order valence-corrected chi connectivity index (χ4v) is 2.01. The molecule has 0 spiro atoms. The Bertz CT molecular complexity index is 541. The van der Waals surface area contributed by atoms with Crippen LogP contribution in [-0.4, -0.2) is 26.8 Å². The van der Waals surface area contributed by atoms with Crippen molar-refractivity contribution in [1.82, 2.24) is 25.5 Å². The van der Waals surface area contributed by atoms with Crippen LogP contribution in [0, 0.1) is 19.7 Å². The third kappa shape index (κ3) is 3.14. The molecular weight excluding hydrogens is 245 g/mol. The van der Waals surface area contributed by atoms with E-state index in [1.165, 1.54) is 0 Å². The molecule has 0 aliphatic rings. The molecule has 0 aliphatic heterocycles. The first kappa shape index (κ1) is 13.6. The molecule has 1 aromatic heterocycles. The van der Waals surface area contributed by atoms with Crippen LogP contribution in [0.4, 0.5) is 4.39 Å². The van der Waals surface area contributed by atoms with Gasteiger partial charge in [0.25, 0.3) is 0 Å². The zero-order valence-corrected chi connectivity index (χ0v) is 11.4. The Morgan fingerprint density at radius 1 is 1.26 bits per heavy atom. The van der Waals surface area contributed by atoms with Crippen LogP contribution in [0.15, 0.2) is 12.1 Å². The van der Waals surface area contributed by atoms with Crippen LogP contribution in [-0.2, 0) is 13.1 Å². The van der Waals surface area contributed by atoms with Gasteiger partial charge < -0.3 is 5.32 Å². The van der Waals surface area contributed by atoms with Crippen LogP contribution in [0.5, 0.6) is 0 Å². The SMILES string of the molecule is CCNCc1nnnn1Cc1cc(C)c(F)c(C)c1. The van der Waals surface area contributed by atoms with Crippen molar-refractivity contribution in [2.75, 3.05) is 6.54 Å². The van der Waals surface area contributed by atoms with Gasteiger partial charge in [0.15, 0.2) is 5.82 Å². The highest BCUT2D eigenvalue weighted by Gasteiger charge is 2.09. The molecule has 2 rings (SSSR count). The van der Waals surface area contributed by atoms with E-state index in [2.05, 4.69) is 20.8 Å². The topological polar surface area (TPSA) is 55.6 Å². The quantitative estimate of drug-likeness (QED) is 0.890. The van der Waals surface area contributed by atoms with Crippen molar-refractivity contribution < 1.29 is 4.39 Å². The summed E-state index contributed by atoms with van der Waals surface area (Å²) in [5, 5.41) is 14.8. The normalized spacial score (nSPS) is 10.9. The van der Waals surface area contributed by atoms with Crippen molar-refractivity contribution in [2.45, 2.75) is 33.9 Å². The van der Waals surface area contributed by atoms with Crippen molar-refractivity contribution in [2.24, 2.45) is 0 Å². The lowest BCUT2D eigenvalue weighted by atomic mass is 10.1. The number of rotatable bonds is 5. The summed E-state index contributed by atoms with van der Waals surface area (Å²) in [5.74, 6) is 0.634. The minimum Gasteiger partial charge on any atom is -0.310 e. The van der Waals surface area contributed by atoms with Crippen molar-refractivity contribution in [1.29, 1.82) is 0 Å². The molecule has 0 unspecified atom stereocenters. The van der Waals surface area contributed by atoms with E-state index in [9.17, 15) is 4.39 Å². The first-order valence-corrected chi connectivity index (χ1v) is 6.33. The highest BCUT2D eigenvalue weighted by molar-refractivity contribution is 5.30. The van der Waals surface area contributed by atoms with Crippen molar-refractivity contribution in [3.05, 3.63) is 40.5 Å². The minimum atomic E-state index is -0.145. The molecule has 0 aliphatic carbocycles. The zero-order valence-electron chi connectivity index (χ0n) is 11.4. The highest BCUT2D eigenvalue weighted by Crippen LogP contribution is 2.15. The molecule has 6 heteroatoms. The molecule has 0 fully saturated rings. The van der Waals surface area contributed by atoms with Gasteiger partial charge in [-0.1, -0.05) is 19.1 Å². The summed E-state index contributed by atoms with van der Waals surface area (Å²) in [6.07, 6.45) is 0. The molecule has 0 bridgehead atoms. The molecule has 102 valence electrons. The largest absolute Gasteiger partial charge is 0.310 e. The van der Waals surface area contributed by atoms with Gasteiger partial charge in [0, 0.05) is 0 Å². The molecule has 0 radical (unpaired) electrons. The van der Waals surface area contributed by atoms with Gasteiger partial charge in [0.2, 0.25) is 0 Å². The van der Waals surface area contributed by atoms with E-state index in [0.717, 1.165) is 17.9 Å². The van der Waals surface area contributed by atoms with Crippen molar-refractivity contribution in [3.8, 4) is 0 Å². The Morgan fingerprint density at radius 2 is 1.95 bits per heavy atom. The number of tetrazole rings is 1. The number of hydrogen-bond acceptors (Lipinski definition) is 4. The molecule has 1 aromatic carbocycles. The van der Waals surface area contributed by atoms with E-state index in [1.54, 1.807) is 18.5 Å². The Hall–Kier alpha value is -1.82. The summed E-state index contributed by atoms with van der Waals surface area (Å²) in [6.45, 7) is 7.61. The molecular formula is C13H18FN5. The number of nitrogens with zero attached hydrogens (tertiary/aromatic N) is 4. The average Bonchev–Trinajstić information content (AvgIpc) is 2.80. The van der Waals surface area contributed by atoms with Crippen LogP contribution in [0.2, 0.25) is 0 Å². The Labute approximate surface area is 111 Å². The van der Waals surface area contributed by atoms with Crippen LogP contribution >= 0.6 is 0 Å². The molecule has 19 heavy (non-hydrogen) atoms. The molecule has 0 saturated heterocycles. The summed E-state index contributed by atoms with van der Waals surface area (Å²) < 4.78 is 15.3. The lowest BCUT2D eigenvalue weighted by molar-refractivity contribution is 0.582. The fourth-order valence-electron chi connectivity index (χ4n) is 2.01. The molecule has 0 saturated carbocycles. The van der Waals surface area contributed by atoms with E-state index < -0.39 is 0 Å². The summed E-state index contributed by atoms with van der Waals surface area (Å²) in [5.41, 5.74) is 2.30. The number of halogens is 1. The maximum Gasteiger partial charge on any atom is 0.165 e. The molecule has 5 nitrogen and oxygen atoms in total. The van der Waals surface area contributed by atoms with E-state index in [4.69, 9.17) is 0 Å². The second kappa shape index (κ2) is 5.88. The molecule has 0 amide bonds. The van der Waals surface area contributed by atoms with Crippen LogP contribution in [0.3, 0.4) is 0 Å². The lowest BCUT2D eigenvalue weighted by Crippen LogP contribution is -2.17. The second-order valence-corrected chi connectivity index (χ2v) is 4.58. The predicted molar refractivity (Wildman–Crippen MR) is 70.2 cm³/mol. The van der Waals surface area contributed by atoms with E-state index in [1.807, 2.05) is 19.1 Å². The molecule has 0 atom stereocenters. The van der Waals surface area contributed by atoms with Crippen molar-refractivity contribution in [3.63, 3.8) is 0 Å². The molecule has 1 heterocycles. The van der Waals surface area contributed by atoms with Crippen LogP contribution in [0.25, 0.3) is 0 Å². The second-order valence-electron chi connectivity index (χ2n) is 4.58. The first-order chi connectivity index (χ1) is 9.11. The van der Waals surface area contributed by atoms with Gasteiger partial charge in [-0.05, 0) is 47.5 Å². The maximum absolute atomic E-state index is 13.6. The van der Waals surface area contributed by atoms with Gasteiger partial charge in [0.05, 0.1) is 13.1 Å². The summed E-state index contributed by atoms with van der Waals surface area (Å²) in [6, 6.07) is 3.67. The minimum absolute atomic E-state index is 0.145. The molecule has 1 N–H and O–H groups in total. The van der Waals surface area contributed by atoms with Gasteiger partial charge in [-0.3, -0.25) is 0 Å². The van der Waals surface area contributed by atoms with Gasteiger partial charge in [-0.15, -0.1) is 5.10 Å². The van der Waals surface area contributed by atoms with Gasteiger partial charge in [0.1, 0.15) is 5.82 Å². The van der Waals surface area contributed by atoms with E-state index in [-0.39, 0.29) is 5.82 Å². The number of benzene rings is 1. The summed E-state index contributed by atoms with van der Waals surface area (Å²) in [4.78, 5) is 0. The monoisotopic (exact) mass is 263 g/mol. The van der Waals surface area contributed by atoms with Gasteiger partial charge in [-0.2, -0.15) is 0 Å². The van der Waals surface area contributed by atoms with Gasteiger partial charge >= 0.3 is 0 Å². The highest BCUT2D eigenvalue weighted by atomic mass is 19.1. The number of hydrogen-bond donors (Lipinski definition) is 1. The Morgan fingerprint density at radius 3 is 2.58 bits per heavy atom. The summed E-state index contributed by atoms with van der Waals surface area (Å²) >= 11 is 0. The number of aryl methyl sites for hydroxylation is 2.